The summed E-state index contributed by atoms with van der Waals surface area (Å²) in [5.74, 6) is -1.89. The predicted molar refractivity (Wildman–Crippen MR) is 118 cm³/mol. The molecule has 0 radical (unpaired) electrons. The van der Waals surface area contributed by atoms with E-state index in [9.17, 15) is 13.9 Å². The lowest BCUT2D eigenvalue weighted by atomic mass is 9.83. The standard InChI is InChI=1S/C27H24F2O/c1-15-16(2)18(4)26(17(15)3)23-14-25(29)24(28)13-22(23)21-12-8-11-20(27(21)30)19-9-6-5-7-10-19/h5-14,26,30H,1-4H3. The summed E-state index contributed by atoms with van der Waals surface area (Å²) in [5, 5.41) is 11.1. The molecule has 0 spiro atoms. The van der Waals surface area contributed by atoms with Crippen molar-refractivity contribution >= 4 is 0 Å². The van der Waals surface area contributed by atoms with Crippen molar-refractivity contribution < 1.29 is 13.9 Å². The van der Waals surface area contributed by atoms with Gasteiger partial charge in [-0.05, 0) is 67.7 Å². The highest BCUT2D eigenvalue weighted by atomic mass is 19.2. The number of rotatable bonds is 3. The maximum Gasteiger partial charge on any atom is 0.159 e. The maximum absolute atomic E-state index is 14.4. The van der Waals surface area contributed by atoms with Crippen molar-refractivity contribution in [1.82, 2.24) is 0 Å². The van der Waals surface area contributed by atoms with Crippen LogP contribution in [0.1, 0.15) is 39.2 Å². The number of aromatic hydroxyl groups is 1. The highest BCUT2D eigenvalue weighted by Crippen LogP contribution is 2.48. The Hall–Kier alpha value is -3.20. The Bertz CT molecular complexity index is 1180. The van der Waals surface area contributed by atoms with Crippen LogP contribution in [-0.4, -0.2) is 5.11 Å². The highest BCUT2D eigenvalue weighted by molar-refractivity contribution is 5.84. The first-order chi connectivity index (χ1) is 14.3. The molecule has 0 unspecified atom stereocenters. The molecule has 3 aromatic carbocycles. The van der Waals surface area contributed by atoms with Crippen molar-refractivity contribution in [3.63, 3.8) is 0 Å². The van der Waals surface area contributed by atoms with Crippen molar-refractivity contribution in [1.29, 1.82) is 0 Å². The van der Waals surface area contributed by atoms with Crippen molar-refractivity contribution in [2.75, 3.05) is 0 Å². The number of allylic oxidation sites excluding steroid dienone is 4. The van der Waals surface area contributed by atoms with Gasteiger partial charge in [0.05, 0.1) is 0 Å². The minimum atomic E-state index is -0.923. The van der Waals surface area contributed by atoms with Crippen LogP contribution in [0.25, 0.3) is 22.3 Å². The van der Waals surface area contributed by atoms with Gasteiger partial charge in [-0.1, -0.05) is 59.7 Å². The molecule has 1 N–H and O–H groups in total. The van der Waals surface area contributed by atoms with E-state index in [2.05, 4.69) is 13.8 Å². The Kier molecular flexibility index (Phi) is 5.07. The highest BCUT2D eigenvalue weighted by Gasteiger charge is 2.30. The smallest absolute Gasteiger partial charge is 0.159 e. The molecule has 0 heterocycles. The van der Waals surface area contributed by atoms with Gasteiger partial charge in [0.25, 0.3) is 0 Å². The van der Waals surface area contributed by atoms with Gasteiger partial charge in [-0.15, -0.1) is 0 Å². The fourth-order valence-electron chi connectivity index (χ4n) is 4.46. The molecule has 0 aliphatic heterocycles. The third-order valence-corrected chi connectivity index (χ3v) is 6.43. The second kappa shape index (κ2) is 7.56. The number of para-hydroxylation sites is 1. The molecule has 1 aliphatic rings. The first-order valence-electron chi connectivity index (χ1n) is 10.0. The van der Waals surface area contributed by atoms with Crippen LogP contribution in [-0.2, 0) is 0 Å². The third-order valence-electron chi connectivity index (χ3n) is 6.43. The van der Waals surface area contributed by atoms with Gasteiger partial charge >= 0.3 is 0 Å². The molecule has 0 bridgehead atoms. The molecular formula is C27H24F2O. The normalized spacial score (nSPS) is 14.7. The van der Waals surface area contributed by atoms with Gasteiger partial charge in [-0.2, -0.15) is 0 Å². The lowest BCUT2D eigenvalue weighted by Crippen LogP contribution is -2.04. The topological polar surface area (TPSA) is 20.2 Å². The first-order valence-corrected chi connectivity index (χ1v) is 10.0. The van der Waals surface area contributed by atoms with Crippen LogP contribution < -0.4 is 0 Å². The van der Waals surface area contributed by atoms with E-state index in [1.165, 1.54) is 23.3 Å². The number of phenols is 1. The van der Waals surface area contributed by atoms with Gasteiger partial charge in [-0.25, -0.2) is 8.78 Å². The van der Waals surface area contributed by atoms with Crippen molar-refractivity contribution in [3.8, 4) is 28.0 Å². The van der Waals surface area contributed by atoms with E-state index in [0.29, 0.717) is 22.3 Å². The number of phenolic OH excluding ortho intramolecular Hbond substituents is 1. The van der Waals surface area contributed by atoms with E-state index in [-0.39, 0.29) is 11.7 Å². The van der Waals surface area contributed by atoms with E-state index in [1.54, 1.807) is 6.07 Å². The molecule has 1 nitrogen and oxygen atoms in total. The summed E-state index contributed by atoms with van der Waals surface area (Å²) < 4.78 is 28.7. The lowest BCUT2D eigenvalue weighted by Gasteiger charge is -2.21. The summed E-state index contributed by atoms with van der Waals surface area (Å²) >= 11 is 0. The monoisotopic (exact) mass is 402 g/mol. The zero-order valence-corrected chi connectivity index (χ0v) is 17.6. The molecule has 0 aromatic heterocycles. The zero-order valence-electron chi connectivity index (χ0n) is 17.6. The van der Waals surface area contributed by atoms with Gasteiger partial charge in [0.1, 0.15) is 5.75 Å². The van der Waals surface area contributed by atoms with Crippen LogP contribution in [0.4, 0.5) is 8.78 Å². The largest absolute Gasteiger partial charge is 0.507 e. The van der Waals surface area contributed by atoms with E-state index < -0.39 is 11.6 Å². The van der Waals surface area contributed by atoms with E-state index in [4.69, 9.17) is 0 Å². The van der Waals surface area contributed by atoms with Gasteiger partial charge in [0, 0.05) is 17.0 Å². The molecule has 152 valence electrons. The maximum atomic E-state index is 14.4. The summed E-state index contributed by atoms with van der Waals surface area (Å²) in [6, 6.07) is 17.4. The Morgan fingerprint density at radius 3 is 1.87 bits per heavy atom. The molecule has 0 fully saturated rings. The third kappa shape index (κ3) is 3.15. The average Bonchev–Trinajstić information content (AvgIpc) is 2.93. The summed E-state index contributed by atoms with van der Waals surface area (Å²) in [5.41, 5.74) is 7.78. The number of halogens is 2. The van der Waals surface area contributed by atoms with E-state index >= 15 is 0 Å². The minimum Gasteiger partial charge on any atom is -0.507 e. The zero-order chi connectivity index (χ0) is 21.6. The number of benzene rings is 3. The number of hydrogen-bond acceptors (Lipinski definition) is 1. The predicted octanol–water partition coefficient (Wildman–Crippen LogP) is 7.77. The van der Waals surface area contributed by atoms with Gasteiger partial charge in [0.2, 0.25) is 0 Å². The summed E-state index contributed by atoms with van der Waals surface area (Å²) in [6.07, 6.45) is 0. The van der Waals surface area contributed by atoms with Crippen LogP contribution in [0.15, 0.2) is 83.0 Å². The molecule has 4 rings (SSSR count). The molecule has 0 saturated heterocycles. The molecular weight excluding hydrogens is 378 g/mol. The molecule has 0 atom stereocenters. The van der Waals surface area contributed by atoms with Crippen LogP contribution in [0.3, 0.4) is 0 Å². The lowest BCUT2D eigenvalue weighted by molar-refractivity contribution is 0.479. The fourth-order valence-corrected chi connectivity index (χ4v) is 4.46. The van der Waals surface area contributed by atoms with Gasteiger partial charge in [-0.3, -0.25) is 0 Å². The van der Waals surface area contributed by atoms with Crippen molar-refractivity contribution in [2.24, 2.45) is 0 Å². The van der Waals surface area contributed by atoms with Crippen molar-refractivity contribution in [2.45, 2.75) is 33.6 Å². The first kappa shape index (κ1) is 20.1. The summed E-state index contributed by atoms with van der Waals surface area (Å²) in [4.78, 5) is 0. The molecule has 3 aromatic rings. The van der Waals surface area contributed by atoms with Gasteiger partial charge < -0.3 is 5.11 Å². The molecule has 3 heteroatoms. The van der Waals surface area contributed by atoms with Crippen LogP contribution in [0.5, 0.6) is 5.75 Å². The molecule has 30 heavy (non-hydrogen) atoms. The van der Waals surface area contributed by atoms with E-state index in [0.717, 1.165) is 16.7 Å². The SMILES string of the molecule is CC1=C(C)C(c2cc(F)c(F)cc2-c2cccc(-c3ccccc3)c2O)C(C)=C1C. The Morgan fingerprint density at radius 2 is 1.23 bits per heavy atom. The second-order valence-corrected chi connectivity index (χ2v) is 7.97. The van der Waals surface area contributed by atoms with Crippen LogP contribution >= 0.6 is 0 Å². The Morgan fingerprint density at radius 1 is 0.667 bits per heavy atom. The Balaban J connectivity index is 1.97. The molecule has 0 saturated carbocycles. The molecule has 1 aliphatic carbocycles. The Labute approximate surface area is 176 Å². The average molecular weight is 402 g/mol. The second-order valence-electron chi connectivity index (χ2n) is 7.97. The fraction of sp³-hybridized carbons (Fsp3) is 0.185. The minimum absolute atomic E-state index is 0.0608. The molecule has 0 amide bonds. The summed E-state index contributed by atoms with van der Waals surface area (Å²) in [6.45, 7) is 8.18. The quantitative estimate of drug-likeness (QED) is 0.474. The summed E-state index contributed by atoms with van der Waals surface area (Å²) in [7, 11) is 0. The van der Waals surface area contributed by atoms with Crippen LogP contribution in [0.2, 0.25) is 0 Å². The van der Waals surface area contributed by atoms with Crippen LogP contribution in [0, 0.1) is 11.6 Å². The van der Waals surface area contributed by atoms with Crippen molar-refractivity contribution in [3.05, 3.63) is 100 Å². The number of hydrogen-bond donors (Lipinski definition) is 1. The van der Waals surface area contributed by atoms with E-state index in [1.807, 2.05) is 56.3 Å². The van der Waals surface area contributed by atoms with Gasteiger partial charge in [0.15, 0.2) is 11.6 Å².